The van der Waals surface area contributed by atoms with E-state index < -0.39 is 12.1 Å². The van der Waals surface area contributed by atoms with E-state index in [1.807, 2.05) is 30.3 Å². The maximum absolute atomic E-state index is 10.3. The van der Waals surface area contributed by atoms with E-state index in [1.54, 1.807) is 0 Å². The number of rotatable bonds is 9. The van der Waals surface area contributed by atoms with Gasteiger partial charge in [0.05, 0.1) is 0 Å². The third-order valence-electron chi connectivity index (χ3n) is 2.31. The van der Waals surface area contributed by atoms with E-state index in [9.17, 15) is 9.90 Å². The molecule has 0 heterocycles. The Morgan fingerprint density at radius 2 is 2.06 bits per heavy atom. The predicted molar refractivity (Wildman–Crippen MR) is 67.7 cm³/mol. The number of hydrogen-bond donors (Lipinski definition) is 3. The van der Waals surface area contributed by atoms with E-state index in [1.165, 1.54) is 0 Å². The lowest BCUT2D eigenvalue weighted by atomic mass is 10.3. The van der Waals surface area contributed by atoms with Gasteiger partial charge in [0.25, 0.3) is 0 Å². The molecule has 0 bridgehead atoms. The van der Waals surface area contributed by atoms with Crippen molar-refractivity contribution in [2.75, 3.05) is 19.7 Å². The number of aliphatic hydroxyl groups is 1. The molecule has 0 saturated heterocycles. The van der Waals surface area contributed by atoms with Crippen molar-refractivity contribution in [3.8, 4) is 5.75 Å². The van der Waals surface area contributed by atoms with Gasteiger partial charge < -0.3 is 20.3 Å². The maximum Gasteiger partial charge on any atom is 0.303 e. The molecule has 0 aliphatic heterocycles. The zero-order valence-corrected chi connectivity index (χ0v) is 10.2. The molecule has 0 spiro atoms. The summed E-state index contributed by atoms with van der Waals surface area (Å²) >= 11 is 0. The van der Waals surface area contributed by atoms with E-state index in [-0.39, 0.29) is 13.0 Å². The Labute approximate surface area is 106 Å². The lowest BCUT2D eigenvalue weighted by Gasteiger charge is -2.13. The third-order valence-corrected chi connectivity index (χ3v) is 2.31. The van der Waals surface area contributed by atoms with Crippen molar-refractivity contribution < 1.29 is 19.7 Å². The van der Waals surface area contributed by atoms with Crippen molar-refractivity contribution in [2.24, 2.45) is 0 Å². The second kappa shape index (κ2) is 8.49. The number of carboxylic acid groups (broad SMARTS) is 1. The molecule has 3 N–H and O–H groups in total. The first-order valence-electron chi connectivity index (χ1n) is 5.97. The smallest absolute Gasteiger partial charge is 0.303 e. The Balaban J connectivity index is 2.04. The van der Waals surface area contributed by atoms with Crippen LogP contribution in [-0.2, 0) is 4.79 Å². The van der Waals surface area contributed by atoms with Crippen LogP contribution >= 0.6 is 0 Å². The van der Waals surface area contributed by atoms with Gasteiger partial charge in [-0.1, -0.05) is 18.2 Å². The first kappa shape index (κ1) is 14.5. The average Bonchev–Trinajstić information content (AvgIpc) is 2.37. The van der Waals surface area contributed by atoms with Gasteiger partial charge in [-0.05, 0) is 25.1 Å². The monoisotopic (exact) mass is 253 g/mol. The van der Waals surface area contributed by atoms with Crippen LogP contribution in [0.5, 0.6) is 5.75 Å². The first-order valence-corrected chi connectivity index (χ1v) is 5.97. The molecule has 0 amide bonds. The van der Waals surface area contributed by atoms with Gasteiger partial charge in [-0.2, -0.15) is 0 Å². The molecule has 1 unspecified atom stereocenters. The molecule has 1 atom stereocenters. The van der Waals surface area contributed by atoms with Crippen LogP contribution in [0, 0.1) is 0 Å². The minimum absolute atomic E-state index is 0.142. The van der Waals surface area contributed by atoms with Gasteiger partial charge in [-0.3, -0.25) is 4.79 Å². The Morgan fingerprint density at radius 1 is 1.33 bits per heavy atom. The highest BCUT2D eigenvalue weighted by atomic mass is 16.5. The van der Waals surface area contributed by atoms with Crippen LogP contribution in [0.15, 0.2) is 30.3 Å². The van der Waals surface area contributed by atoms with E-state index >= 15 is 0 Å². The van der Waals surface area contributed by atoms with Gasteiger partial charge in [0.1, 0.15) is 18.5 Å². The van der Waals surface area contributed by atoms with Crippen LogP contribution in [-0.4, -0.2) is 42.0 Å². The molecule has 18 heavy (non-hydrogen) atoms. The molecule has 1 aromatic rings. The van der Waals surface area contributed by atoms with Gasteiger partial charge in [0.15, 0.2) is 0 Å². The van der Waals surface area contributed by atoms with Crippen molar-refractivity contribution in [1.29, 1.82) is 0 Å². The van der Waals surface area contributed by atoms with Gasteiger partial charge in [-0.15, -0.1) is 0 Å². The molecular weight excluding hydrogens is 234 g/mol. The van der Waals surface area contributed by atoms with Crippen molar-refractivity contribution in [3.05, 3.63) is 30.3 Å². The molecule has 0 saturated carbocycles. The van der Waals surface area contributed by atoms with Crippen molar-refractivity contribution >= 4 is 5.97 Å². The minimum atomic E-state index is -0.801. The maximum atomic E-state index is 10.3. The molecule has 1 aromatic carbocycles. The first-order chi connectivity index (χ1) is 8.68. The van der Waals surface area contributed by atoms with Crippen LogP contribution in [0.4, 0.5) is 0 Å². The molecule has 1 rings (SSSR count). The van der Waals surface area contributed by atoms with Crippen molar-refractivity contribution in [2.45, 2.75) is 18.9 Å². The van der Waals surface area contributed by atoms with Gasteiger partial charge in [-0.25, -0.2) is 0 Å². The topological polar surface area (TPSA) is 78.8 Å². The molecule has 0 fully saturated rings. The predicted octanol–water partition coefficient (Wildman–Crippen LogP) is 0.881. The molecule has 5 nitrogen and oxygen atoms in total. The largest absolute Gasteiger partial charge is 0.491 e. The van der Waals surface area contributed by atoms with E-state index in [0.717, 1.165) is 5.75 Å². The number of aliphatic carboxylic acids is 1. The normalized spacial score (nSPS) is 12.1. The van der Waals surface area contributed by atoms with Crippen molar-refractivity contribution in [3.63, 3.8) is 0 Å². The lowest BCUT2D eigenvalue weighted by Crippen LogP contribution is -2.32. The van der Waals surface area contributed by atoms with Gasteiger partial charge >= 0.3 is 5.97 Å². The number of carbonyl (C=O) groups is 1. The molecule has 0 aliphatic rings. The zero-order valence-electron chi connectivity index (χ0n) is 10.2. The standard InChI is InChI=1S/C13H19NO4/c15-11(9-14-8-4-7-13(16)17)10-18-12-5-2-1-3-6-12/h1-3,5-6,11,14-15H,4,7-10H2,(H,16,17). The summed E-state index contributed by atoms with van der Waals surface area (Å²) in [6, 6.07) is 9.28. The van der Waals surface area contributed by atoms with Crippen LogP contribution in [0.3, 0.4) is 0 Å². The Bertz CT molecular complexity index is 342. The molecule has 0 aromatic heterocycles. The highest BCUT2D eigenvalue weighted by Crippen LogP contribution is 2.08. The fraction of sp³-hybridized carbons (Fsp3) is 0.462. The van der Waals surface area contributed by atoms with Gasteiger partial charge in [0.2, 0.25) is 0 Å². The average molecular weight is 253 g/mol. The summed E-state index contributed by atoms with van der Waals surface area (Å²) in [7, 11) is 0. The molecule has 0 aliphatic carbocycles. The Hall–Kier alpha value is -1.59. The summed E-state index contributed by atoms with van der Waals surface area (Å²) in [4.78, 5) is 10.3. The SMILES string of the molecule is O=C(O)CCCNCC(O)COc1ccccc1. The second-order valence-electron chi connectivity index (χ2n) is 3.98. The lowest BCUT2D eigenvalue weighted by molar-refractivity contribution is -0.137. The number of ether oxygens (including phenoxy) is 1. The van der Waals surface area contributed by atoms with Crippen LogP contribution in [0.1, 0.15) is 12.8 Å². The van der Waals surface area contributed by atoms with Gasteiger partial charge in [0, 0.05) is 13.0 Å². The van der Waals surface area contributed by atoms with E-state index in [2.05, 4.69) is 5.32 Å². The fourth-order valence-electron chi connectivity index (χ4n) is 1.40. The highest BCUT2D eigenvalue weighted by molar-refractivity contribution is 5.66. The molecule has 5 heteroatoms. The Morgan fingerprint density at radius 3 is 2.72 bits per heavy atom. The number of benzene rings is 1. The van der Waals surface area contributed by atoms with Crippen LogP contribution in [0.25, 0.3) is 0 Å². The molecule has 100 valence electrons. The zero-order chi connectivity index (χ0) is 13.2. The summed E-state index contributed by atoms with van der Waals surface area (Å²) in [6.45, 7) is 1.19. The summed E-state index contributed by atoms with van der Waals surface area (Å²) in [5, 5.41) is 21.0. The number of para-hydroxylation sites is 1. The molecule has 0 radical (unpaired) electrons. The number of carboxylic acids is 1. The Kier molecular flexibility index (Phi) is 6.83. The van der Waals surface area contributed by atoms with Crippen molar-refractivity contribution in [1.82, 2.24) is 5.32 Å². The molecular formula is C13H19NO4. The van der Waals surface area contributed by atoms with Crippen LogP contribution < -0.4 is 10.1 Å². The van der Waals surface area contributed by atoms with E-state index in [0.29, 0.717) is 19.5 Å². The quantitative estimate of drug-likeness (QED) is 0.569. The highest BCUT2D eigenvalue weighted by Gasteiger charge is 2.04. The summed E-state index contributed by atoms with van der Waals surface area (Å²) in [5.41, 5.74) is 0. The second-order valence-corrected chi connectivity index (χ2v) is 3.98. The number of hydrogen-bond acceptors (Lipinski definition) is 4. The summed E-state index contributed by atoms with van der Waals surface area (Å²) in [6.07, 6.45) is 0.0978. The minimum Gasteiger partial charge on any atom is -0.491 e. The number of nitrogens with one attached hydrogen (secondary N) is 1. The fourth-order valence-corrected chi connectivity index (χ4v) is 1.40. The number of aliphatic hydroxyl groups excluding tert-OH is 1. The summed E-state index contributed by atoms with van der Waals surface area (Å²) < 4.78 is 5.38. The third kappa shape index (κ3) is 6.88. The van der Waals surface area contributed by atoms with Crippen LogP contribution in [0.2, 0.25) is 0 Å². The summed E-state index contributed by atoms with van der Waals surface area (Å²) in [5.74, 6) is -0.0767. The van der Waals surface area contributed by atoms with E-state index in [4.69, 9.17) is 9.84 Å².